The molecule has 1 atom stereocenters. The molecule has 11 heteroatoms. The number of benzene rings is 1. The first-order chi connectivity index (χ1) is 16.3. The molecule has 1 aromatic carbocycles. The van der Waals surface area contributed by atoms with E-state index in [1.807, 2.05) is 0 Å². The first-order valence-electron chi connectivity index (χ1n) is 10.8. The Hall–Kier alpha value is -4.15. The van der Waals surface area contributed by atoms with E-state index in [4.69, 9.17) is 4.52 Å². The number of hydrogen-bond acceptors (Lipinski definition) is 7. The Morgan fingerprint density at radius 2 is 1.94 bits per heavy atom. The lowest BCUT2D eigenvalue weighted by Crippen LogP contribution is -2.40. The zero-order valence-electron chi connectivity index (χ0n) is 18.6. The Labute approximate surface area is 192 Å². The summed E-state index contributed by atoms with van der Waals surface area (Å²) in [6.07, 6.45) is 1.48. The van der Waals surface area contributed by atoms with Gasteiger partial charge < -0.3 is 9.42 Å². The monoisotopic (exact) mass is 464 g/mol. The molecule has 1 saturated heterocycles. The maximum absolute atomic E-state index is 13.5. The van der Waals surface area contributed by atoms with Crippen LogP contribution in [-0.4, -0.2) is 48.2 Å². The van der Waals surface area contributed by atoms with Gasteiger partial charge in [0.1, 0.15) is 17.2 Å². The summed E-state index contributed by atoms with van der Waals surface area (Å²) in [7, 11) is 2.91. The molecule has 1 aliphatic heterocycles. The molecule has 3 aromatic heterocycles. The lowest BCUT2D eigenvalue weighted by Gasteiger charge is -2.30. The van der Waals surface area contributed by atoms with Crippen molar-refractivity contribution in [2.75, 3.05) is 13.1 Å². The highest BCUT2D eigenvalue weighted by Crippen LogP contribution is 2.28. The molecule has 0 bridgehead atoms. The van der Waals surface area contributed by atoms with Gasteiger partial charge in [0.05, 0.1) is 11.3 Å². The van der Waals surface area contributed by atoms with Gasteiger partial charge in [0.25, 0.3) is 11.5 Å². The highest BCUT2D eigenvalue weighted by atomic mass is 19.1. The first-order valence-corrected chi connectivity index (χ1v) is 10.8. The average Bonchev–Trinajstić information content (AvgIpc) is 3.36. The van der Waals surface area contributed by atoms with Gasteiger partial charge in [-0.05, 0) is 37.1 Å². The molecule has 0 N–H and O–H groups in total. The van der Waals surface area contributed by atoms with Crippen molar-refractivity contribution >= 4 is 16.9 Å². The van der Waals surface area contributed by atoms with Crippen LogP contribution in [0.5, 0.6) is 0 Å². The molecular weight excluding hydrogens is 443 g/mol. The van der Waals surface area contributed by atoms with E-state index < -0.39 is 17.1 Å². The van der Waals surface area contributed by atoms with Crippen LogP contribution in [0.25, 0.3) is 22.4 Å². The standard InChI is InChI=1S/C23H21FN6O4/c1-28-19-16(21(31)29(2)23(28)33)8-9-17(25-19)22(32)30-10-4-6-14(12-30)20-26-18(27-34-20)13-5-3-7-15(24)11-13/h3,5,7-9,11,14H,4,6,10,12H2,1-2H3. The number of pyridine rings is 1. The van der Waals surface area contributed by atoms with Gasteiger partial charge in [0.2, 0.25) is 11.7 Å². The van der Waals surface area contributed by atoms with Gasteiger partial charge in [-0.1, -0.05) is 17.3 Å². The highest BCUT2D eigenvalue weighted by molar-refractivity contribution is 5.94. The zero-order valence-corrected chi connectivity index (χ0v) is 18.6. The predicted octanol–water partition coefficient (Wildman–Crippen LogP) is 1.84. The molecule has 4 heterocycles. The largest absolute Gasteiger partial charge is 0.339 e. The predicted molar refractivity (Wildman–Crippen MR) is 120 cm³/mol. The summed E-state index contributed by atoms with van der Waals surface area (Å²) in [6, 6.07) is 8.95. The second kappa shape index (κ2) is 8.32. The number of rotatable bonds is 3. The van der Waals surface area contributed by atoms with E-state index in [9.17, 15) is 18.8 Å². The molecule has 5 rings (SSSR count). The fraction of sp³-hybridized carbons (Fsp3) is 0.304. The minimum Gasteiger partial charge on any atom is -0.339 e. The van der Waals surface area contributed by atoms with Crippen LogP contribution < -0.4 is 11.2 Å². The van der Waals surface area contributed by atoms with Crippen LogP contribution in [0.3, 0.4) is 0 Å². The second-order valence-corrected chi connectivity index (χ2v) is 8.33. The number of hydrogen-bond donors (Lipinski definition) is 0. The van der Waals surface area contributed by atoms with E-state index in [1.165, 1.54) is 42.9 Å². The van der Waals surface area contributed by atoms with Gasteiger partial charge in [-0.15, -0.1) is 0 Å². The summed E-state index contributed by atoms with van der Waals surface area (Å²) >= 11 is 0. The fourth-order valence-electron chi connectivity index (χ4n) is 4.24. The summed E-state index contributed by atoms with van der Waals surface area (Å²) in [5.74, 6) is -0.212. The van der Waals surface area contributed by atoms with Gasteiger partial charge in [-0.3, -0.25) is 18.7 Å². The van der Waals surface area contributed by atoms with E-state index >= 15 is 0 Å². The van der Waals surface area contributed by atoms with Crippen molar-refractivity contribution in [1.82, 2.24) is 29.2 Å². The zero-order chi connectivity index (χ0) is 24.0. The Morgan fingerprint density at radius 1 is 1.12 bits per heavy atom. The van der Waals surface area contributed by atoms with E-state index in [-0.39, 0.29) is 34.4 Å². The maximum Gasteiger partial charge on any atom is 0.332 e. The van der Waals surface area contributed by atoms with Crippen LogP contribution in [0, 0.1) is 5.82 Å². The number of carbonyl (C=O) groups is 1. The lowest BCUT2D eigenvalue weighted by molar-refractivity contribution is 0.0690. The van der Waals surface area contributed by atoms with E-state index in [0.29, 0.717) is 24.5 Å². The molecule has 1 aliphatic rings. The molecule has 4 aromatic rings. The number of fused-ring (bicyclic) bond motifs is 1. The summed E-state index contributed by atoms with van der Waals surface area (Å²) in [4.78, 5) is 48.2. The highest BCUT2D eigenvalue weighted by Gasteiger charge is 2.30. The normalized spacial score (nSPS) is 16.2. The molecule has 174 valence electrons. The number of halogens is 1. The second-order valence-electron chi connectivity index (χ2n) is 8.33. The van der Waals surface area contributed by atoms with E-state index in [2.05, 4.69) is 15.1 Å². The van der Waals surface area contributed by atoms with Crippen molar-refractivity contribution in [3.05, 3.63) is 74.6 Å². The van der Waals surface area contributed by atoms with Crippen LogP contribution in [0.4, 0.5) is 4.39 Å². The SMILES string of the molecule is Cn1c(=O)c2ccc(C(=O)N3CCCC(c4nc(-c5cccc(F)c5)no4)C3)nc2n(C)c1=O. The minimum absolute atomic E-state index is 0.141. The van der Waals surface area contributed by atoms with Crippen molar-refractivity contribution in [3.8, 4) is 11.4 Å². The molecule has 1 unspecified atom stereocenters. The topological polar surface area (TPSA) is 116 Å². The molecule has 0 spiro atoms. The summed E-state index contributed by atoms with van der Waals surface area (Å²) in [6.45, 7) is 0.869. The van der Waals surface area contributed by atoms with Crippen LogP contribution in [0.2, 0.25) is 0 Å². The molecule has 0 saturated carbocycles. The summed E-state index contributed by atoms with van der Waals surface area (Å²) < 4.78 is 21.2. The number of aromatic nitrogens is 5. The van der Waals surface area contributed by atoms with Crippen LogP contribution in [-0.2, 0) is 14.1 Å². The molecule has 10 nitrogen and oxygen atoms in total. The van der Waals surface area contributed by atoms with E-state index in [1.54, 1.807) is 17.0 Å². The Morgan fingerprint density at radius 3 is 2.74 bits per heavy atom. The molecule has 1 fully saturated rings. The fourth-order valence-corrected chi connectivity index (χ4v) is 4.24. The third-order valence-electron chi connectivity index (χ3n) is 6.10. The number of aryl methyl sites for hydroxylation is 1. The Kier molecular flexibility index (Phi) is 5.31. The van der Waals surface area contributed by atoms with Gasteiger partial charge >= 0.3 is 5.69 Å². The van der Waals surface area contributed by atoms with Crippen molar-refractivity contribution in [2.24, 2.45) is 14.1 Å². The molecular formula is C23H21FN6O4. The minimum atomic E-state index is -0.516. The van der Waals surface area contributed by atoms with Crippen molar-refractivity contribution in [2.45, 2.75) is 18.8 Å². The number of piperidine rings is 1. The molecule has 1 amide bonds. The maximum atomic E-state index is 13.5. The third-order valence-corrected chi connectivity index (χ3v) is 6.10. The molecule has 34 heavy (non-hydrogen) atoms. The van der Waals surface area contributed by atoms with Gasteiger partial charge in [0, 0.05) is 32.7 Å². The van der Waals surface area contributed by atoms with Crippen molar-refractivity contribution in [3.63, 3.8) is 0 Å². The summed E-state index contributed by atoms with van der Waals surface area (Å²) in [5.41, 5.74) is -0.173. The average molecular weight is 464 g/mol. The number of likely N-dealkylation sites (tertiary alicyclic amines) is 1. The van der Waals surface area contributed by atoms with Gasteiger partial charge in [0.15, 0.2) is 0 Å². The van der Waals surface area contributed by atoms with Crippen molar-refractivity contribution in [1.29, 1.82) is 0 Å². The lowest BCUT2D eigenvalue weighted by atomic mass is 9.97. The Balaban J connectivity index is 1.40. The third kappa shape index (κ3) is 3.68. The van der Waals surface area contributed by atoms with E-state index in [0.717, 1.165) is 17.4 Å². The number of nitrogens with zero attached hydrogens (tertiary/aromatic N) is 6. The van der Waals surface area contributed by atoms with Crippen LogP contribution >= 0.6 is 0 Å². The van der Waals surface area contributed by atoms with Crippen LogP contribution in [0.15, 0.2) is 50.5 Å². The molecule has 0 radical (unpaired) electrons. The smallest absolute Gasteiger partial charge is 0.332 e. The van der Waals surface area contributed by atoms with Gasteiger partial charge in [-0.2, -0.15) is 4.98 Å². The van der Waals surface area contributed by atoms with Crippen molar-refractivity contribution < 1.29 is 13.7 Å². The van der Waals surface area contributed by atoms with Gasteiger partial charge in [-0.25, -0.2) is 14.2 Å². The number of amides is 1. The molecule has 0 aliphatic carbocycles. The first kappa shape index (κ1) is 21.7. The number of carbonyl (C=O) groups excluding carboxylic acids is 1. The quantitative estimate of drug-likeness (QED) is 0.454. The van der Waals surface area contributed by atoms with Crippen LogP contribution in [0.1, 0.15) is 35.1 Å². The summed E-state index contributed by atoms with van der Waals surface area (Å²) in [5, 5.41) is 4.22. The Bertz CT molecular complexity index is 1540.